The quantitative estimate of drug-likeness (QED) is 0.585. The molecular formula is C17H19Cl2N5O. The molecule has 1 aromatic carbocycles. The molecule has 0 saturated heterocycles. The number of nitrogens with two attached hydrogens (primary N) is 2. The van der Waals surface area contributed by atoms with Crippen molar-refractivity contribution in [1.29, 1.82) is 0 Å². The van der Waals surface area contributed by atoms with E-state index in [-0.39, 0.29) is 13.4 Å². The second-order valence-electron chi connectivity index (χ2n) is 5.40. The van der Waals surface area contributed by atoms with E-state index in [1.807, 2.05) is 18.2 Å². The lowest BCUT2D eigenvalue weighted by atomic mass is 9.91. The monoisotopic (exact) mass is 379 g/mol. The fourth-order valence-corrected chi connectivity index (χ4v) is 3.32. The van der Waals surface area contributed by atoms with Crippen LogP contribution in [0.2, 0.25) is 10.0 Å². The summed E-state index contributed by atoms with van der Waals surface area (Å²) in [6.45, 7) is 0.857. The van der Waals surface area contributed by atoms with Crippen molar-refractivity contribution in [2.75, 3.05) is 6.54 Å². The lowest BCUT2D eigenvalue weighted by Crippen LogP contribution is -2.36. The van der Waals surface area contributed by atoms with Gasteiger partial charge in [-0.05, 0) is 35.2 Å². The van der Waals surface area contributed by atoms with Gasteiger partial charge < -0.3 is 16.4 Å². The van der Waals surface area contributed by atoms with Crippen molar-refractivity contribution in [2.45, 2.75) is 20.4 Å². The Bertz CT molecular complexity index is 834. The summed E-state index contributed by atoms with van der Waals surface area (Å²) in [4.78, 5) is 21.3. The van der Waals surface area contributed by atoms with Crippen LogP contribution in [0.4, 0.5) is 4.79 Å². The summed E-state index contributed by atoms with van der Waals surface area (Å²) in [6.07, 6.45) is 3.88. The number of fused-ring (bicyclic) bond motifs is 1. The zero-order chi connectivity index (χ0) is 17.3. The number of halogens is 2. The number of carbonyl (C=O) groups excluding carboxylic acids is 1. The molecule has 0 spiro atoms. The molecule has 0 aliphatic carbocycles. The second kappa shape index (κ2) is 7.72. The minimum atomic E-state index is -0.465. The Kier molecular flexibility index (Phi) is 5.87. The van der Waals surface area contributed by atoms with Crippen molar-refractivity contribution < 1.29 is 4.79 Å². The highest BCUT2D eigenvalue weighted by atomic mass is 35.5. The summed E-state index contributed by atoms with van der Waals surface area (Å²) >= 11 is 12.6. The number of rotatable bonds is 1. The van der Waals surface area contributed by atoms with E-state index in [0.717, 1.165) is 22.3 Å². The molecule has 2 amide bonds. The van der Waals surface area contributed by atoms with Crippen LogP contribution in [-0.2, 0) is 13.0 Å². The van der Waals surface area contributed by atoms with Crippen LogP contribution in [0.15, 0.2) is 35.6 Å². The van der Waals surface area contributed by atoms with E-state index in [1.165, 1.54) is 0 Å². The summed E-state index contributed by atoms with van der Waals surface area (Å²) in [6, 6.07) is 5.12. The Balaban J connectivity index is 0.00000225. The average Bonchev–Trinajstić information content (AvgIpc) is 2.55. The number of amides is 2. The zero-order valence-electron chi connectivity index (χ0n) is 12.7. The third kappa shape index (κ3) is 3.86. The number of pyridine rings is 1. The molecule has 3 rings (SSSR count). The van der Waals surface area contributed by atoms with E-state index in [2.05, 4.69) is 9.98 Å². The third-order valence-corrected chi connectivity index (χ3v) is 4.57. The topological polar surface area (TPSA) is 97.6 Å². The zero-order valence-corrected chi connectivity index (χ0v) is 14.2. The average molecular weight is 380 g/mol. The first-order valence-corrected chi connectivity index (χ1v) is 8.01. The lowest BCUT2D eigenvalue weighted by Gasteiger charge is -2.30. The summed E-state index contributed by atoms with van der Waals surface area (Å²) in [7, 11) is 0. The van der Waals surface area contributed by atoms with E-state index >= 15 is 0 Å². The number of hydrogen-bond acceptors (Lipinski definition) is 2. The number of nitrogens with zero attached hydrogens (tertiary/aromatic N) is 3. The Morgan fingerprint density at radius 1 is 1.12 bits per heavy atom. The van der Waals surface area contributed by atoms with E-state index < -0.39 is 6.03 Å². The van der Waals surface area contributed by atoms with Crippen molar-refractivity contribution in [3.63, 3.8) is 0 Å². The standard InChI is InChI=1S/C16H15Cl2N5O.CH4/c17-13-2-1-9(10-3-5-21-7-14(10)18)12-8-23(6-4-11(12)13)16(24)22-15(19)20;/h1-3,5,7H,4,6,8H2,(H4,19,20,22,24);1H4. The van der Waals surface area contributed by atoms with Gasteiger partial charge in [0.25, 0.3) is 0 Å². The Labute approximate surface area is 156 Å². The number of urea groups is 1. The number of aromatic nitrogens is 1. The smallest absolute Gasteiger partial charge is 0.347 e. The molecule has 132 valence electrons. The number of benzene rings is 1. The van der Waals surface area contributed by atoms with Gasteiger partial charge in [-0.2, -0.15) is 4.99 Å². The SMILES string of the molecule is C.NC(N)=NC(=O)N1CCc2c(Cl)ccc(-c3ccncc3Cl)c2C1. The van der Waals surface area contributed by atoms with Crippen LogP contribution < -0.4 is 11.5 Å². The number of hydrogen-bond donors (Lipinski definition) is 2. The highest BCUT2D eigenvalue weighted by Gasteiger charge is 2.25. The molecule has 0 bridgehead atoms. The molecule has 0 fully saturated rings. The summed E-state index contributed by atoms with van der Waals surface area (Å²) in [5, 5.41) is 1.21. The molecule has 6 nitrogen and oxygen atoms in total. The van der Waals surface area contributed by atoms with Gasteiger partial charge in [-0.15, -0.1) is 0 Å². The van der Waals surface area contributed by atoms with Crippen LogP contribution in [0.25, 0.3) is 11.1 Å². The van der Waals surface area contributed by atoms with Gasteiger partial charge in [0.05, 0.1) is 5.02 Å². The van der Waals surface area contributed by atoms with E-state index in [4.69, 9.17) is 34.7 Å². The fourth-order valence-electron chi connectivity index (χ4n) is 2.82. The van der Waals surface area contributed by atoms with Crippen LogP contribution in [-0.4, -0.2) is 28.4 Å². The largest absolute Gasteiger partial charge is 0.370 e. The Hall–Kier alpha value is -2.31. The molecule has 2 heterocycles. The van der Waals surface area contributed by atoms with Crippen molar-refractivity contribution in [2.24, 2.45) is 16.5 Å². The first kappa shape index (κ1) is 19.0. The van der Waals surface area contributed by atoms with Gasteiger partial charge in [-0.1, -0.05) is 36.7 Å². The molecule has 0 atom stereocenters. The summed E-state index contributed by atoms with van der Waals surface area (Å²) in [5.41, 5.74) is 14.3. The molecule has 1 aliphatic rings. The van der Waals surface area contributed by atoms with E-state index in [1.54, 1.807) is 17.3 Å². The molecule has 0 saturated carbocycles. The van der Waals surface area contributed by atoms with E-state index in [0.29, 0.717) is 29.6 Å². The molecule has 1 aliphatic heterocycles. The highest BCUT2D eigenvalue weighted by Crippen LogP contribution is 2.37. The number of carbonyl (C=O) groups is 1. The van der Waals surface area contributed by atoms with Crippen LogP contribution >= 0.6 is 23.2 Å². The Morgan fingerprint density at radius 2 is 1.88 bits per heavy atom. The molecule has 8 heteroatoms. The first-order valence-electron chi connectivity index (χ1n) is 7.26. The maximum Gasteiger partial charge on any atom is 0.347 e. The first-order chi connectivity index (χ1) is 11.5. The van der Waals surface area contributed by atoms with Crippen LogP contribution in [0, 0.1) is 0 Å². The van der Waals surface area contributed by atoms with Crippen molar-refractivity contribution in [1.82, 2.24) is 9.88 Å². The van der Waals surface area contributed by atoms with Gasteiger partial charge in [0.2, 0.25) is 0 Å². The van der Waals surface area contributed by atoms with Crippen molar-refractivity contribution in [3.05, 3.63) is 51.8 Å². The molecule has 4 N–H and O–H groups in total. The predicted molar refractivity (Wildman–Crippen MR) is 102 cm³/mol. The van der Waals surface area contributed by atoms with Gasteiger partial charge >= 0.3 is 6.03 Å². The van der Waals surface area contributed by atoms with Crippen molar-refractivity contribution >= 4 is 35.2 Å². The van der Waals surface area contributed by atoms with Crippen LogP contribution in [0.3, 0.4) is 0 Å². The molecular weight excluding hydrogens is 361 g/mol. The second-order valence-corrected chi connectivity index (χ2v) is 6.21. The molecule has 25 heavy (non-hydrogen) atoms. The lowest BCUT2D eigenvalue weighted by molar-refractivity contribution is 0.203. The van der Waals surface area contributed by atoms with Crippen LogP contribution in [0.5, 0.6) is 0 Å². The molecule has 2 aromatic rings. The normalized spacial score (nSPS) is 12.8. The van der Waals surface area contributed by atoms with Gasteiger partial charge in [0, 0.05) is 36.1 Å². The number of aliphatic imine (C=N–C) groups is 1. The van der Waals surface area contributed by atoms with Gasteiger partial charge in [-0.25, -0.2) is 4.79 Å². The minimum absolute atomic E-state index is 0. The third-order valence-electron chi connectivity index (χ3n) is 3.91. The minimum Gasteiger partial charge on any atom is -0.370 e. The molecule has 1 aromatic heterocycles. The predicted octanol–water partition coefficient (Wildman–Crippen LogP) is 3.44. The van der Waals surface area contributed by atoms with Gasteiger partial charge in [0.1, 0.15) is 0 Å². The summed E-state index contributed by atoms with van der Waals surface area (Å²) < 4.78 is 0. The Morgan fingerprint density at radius 3 is 2.56 bits per heavy atom. The fraction of sp³-hybridized carbons (Fsp3) is 0.235. The number of guanidine groups is 1. The highest BCUT2D eigenvalue weighted by molar-refractivity contribution is 6.33. The van der Waals surface area contributed by atoms with Gasteiger partial charge in [0.15, 0.2) is 5.96 Å². The maximum atomic E-state index is 12.1. The molecule has 0 radical (unpaired) electrons. The van der Waals surface area contributed by atoms with Crippen LogP contribution in [0.1, 0.15) is 18.6 Å². The van der Waals surface area contributed by atoms with E-state index in [9.17, 15) is 4.79 Å². The summed E-state index contributed by atoms with van der Waals surface area (Å²) in [5.74, 6) is -0.255. The van der Waals surface area contributed by atoms with Crippen molar-refractivity contribution in [3.8, 4) is 11.1 Å². The molecule has 0 unspecified atom stereocenters. The van der Waals surface area contributed by atoms with Gasteiger partial charge in [-0.3, -0.25) is 4.98 Å². The maximum absolute atomic E-state index is 12.1.